The highest BCUT2D eigenvalue weighted by Crippen LogP contribution is 2.39. The Bertz CT molecular complexity index is 942. The number of hydrogen-bond acceptors (Lipinski definition) is 3. The third-order valence-electron chi connectivity index (χ3n) is 4.76. The van der Waals surface area contributed by atoms with Crippen molar-refractivity contribution in [1.29, 1.82) is 0 Å². The van der Waals surface area contributed by atoms with Crippen LogP contribution in [0.3, 0.4) is 0 Å². The zero-order valence-electron chi connectivity index (χ0n) is 13.8. The van der Waals surface area contributed by atoms with Gasteiger partial charge in [0.2, 0.25) is 0 Å². The van der Waals surface area contributed by atoms with Gasteiger partial charge in [0.15, 0.2) is 0 Å². The summed E-state index contributed by atoms with van der Waals surface area (Å²) in [5.74, 6) is 0. The van der Waals surface area contributed by atoms with E-state index in [1.54, 1.807) is 11.6 Å². The summed E-state index contributed by atoms with van der Waals surface area (Å²) in [6.07, 6.45) is 0. The maximum Gasteiger partial charge on any atom is 0.326 e. The molecule has 124 valence electrons. The molecular weight excluding hydrogens is 304 g/mol. The van der Waals surface area contributed by atoms with Gasteiger partial charge in [-0.1, -0.05) is 36.4 Å². The van der Waals surface area contributed by atoms with E-state index in [1.165, 1.54) is 0 Å². The van der Waals surface area contributed by atoms with E-state index in [9.17, 15) is 4.79 Å². The van der Waals surface area contributed by atoms with Crippen LogP contribution in [0.1, 0.15) is 23.6 Å². The molecule has 5 nitrogen and oxygen atoms in total. The molecule has 1 N–H and O–H groups in total. The third kappa shape index (κ3) is 2.37. The lowest BCUT2D eigenvalue weighted by atomic mass is 9.94. The molecule has 4 rings (SSSR count). The number of aromatic nitrogens is 2. The molecule has 0 fully saturated rings. The standard InChI is InChI=1S/C19H20N2O3/c1-19(12-23-10-13-6-4-3-5-7-13)15-8-9-16-17(14(15)11-24-19)21(2)18(22)20-16/h3-9H,10-12H2,1-2H3,(H,20,22). The number of benzene rings is 2. The van der Waals surface area contributed by atoms with Crippen molar-refractivity contribution in [3.8, 4) is 0 Å². The first-order valence-electron chi connectivity index (χ1n) is 8.05. The van der Waals surface area contributed by atoms with Crippen molar-refractivity contribution >= 4 is 11.0 Å². The average Bonchev–Trinajstić information content (AvgIpc) is 3.07. The Balaban J connectivity index is 1.60. The molecule has 2 aromatic carbocycles. The summed E-state index contributed by atoms with van der Waals surface area (Å²) in [6, 6.07) is 14.1. The highest BCUT2D eigenvalue weighted by molar-refractivity contribution is 5.81. The van der Waals surface area contributed by atoms with Crippen LogP contribution in [0, 0.1) is 0 Å². The quantitative estimate of drug-likeness (QED) is 0.803. The number of aryl methyl sites for hydroxylation is 1. The minimum atomic E-state index is -0.494. The van der Waals surface area contributed by atoms with Crippen molar-refractivity contribution in [3.05, 3.63) is 69.6 Å². The number of ether oxygens (including phenoxy) is 2. The minimum Gasteiger partial charge on any atom is -0.373 e. The largest absolute Gasteiger partial charge is 0.373 e. The van der Waals surface area contributed by atoms with Gasteiger partial charge in [0, 0.05) is 12.6 Å². The molecule has 1 unspecified atom stereocenters. The topological polar surface area (TPSA) is 56.2 Å². The van der Waals surface area contributed by atoms with Crippen molar-refractivity contribution in [1.82, 2.24) is 9.55 Å². The summed E-state index contributed by atoms with van der Waals surface area (Å²) in [4.78, 5) is 14.7. The number of H-pyrrole nitrogens is 1. The fraction of sp³-hybridized carbons (Fsp3) is 0.316. The van der Waals surface area contributed by atoms with Crippen LogP contribution < -0.4 is 5.69 Å². The van der Waals surface area contributed by atoms with Crippen LogP contribution in [0.2, 0.25) is 0 Å². The van der Waals surface area contributed by atoms with Crippen LogP contribution in [-0.4, -0.2) is 16.2 Å². The Morgan fingerprint density at radius 1 is 1.25 bits per heavy atom. The van der Waals surface area contributed by atoms with Gasteiger partial charge in [-0.05, 0) is 24.1 Å². The molecule has 0 spiro atoms. The molecule has 1 aliphatic rings. The Kier molecular flexibility index (Phi) is 3.55. The summed E-state index contributed by atoms with van der Waals surface area (Å²) >= 11 is 0. The van der Waals surface area contributed by atoms with Crippen LogP contribution in [0.25, 0.3) is 11.0 Å². The van der Waals surface area contributed by atoms with E-state index in [-0.39, 0.29) is 5.69 Å². The second-order valence-corrected chi connectivity index (χ2v) is 6.47. The predicted molar refractivity (Wildman–Crippen MR) is 91.8 cm³/mol. The van der Waals surface area contributed by atoms with Gasteiger partial charge >= 0.3 is 5.69 Å². The maximum absolute atomic E-state index is 11.9. The smallest absolute Gasteiger partial charge is 0.326 e. The third-order valence-corrected chi connectivity index (χ3v) is 4.76. The highest BCUT2D eigenvalue weighted by Gasteiger charge is 2.37. The molecule has 5 heteroatoms. The van der Waals surface area contributed by atoms with Crippen molar-refractivity contribution < 1.29 is 9.47 Å². The average molecular weight is 324 g/mol. The first kappa shape index (κ1) is 15.2. The molecule has 0 amide bonds. The van der Waals surface area contributed by atoms with Crippen molar-refractivity contribution in [3.63, 3.8) is 0 Å². The van der Waals surface area contributed by atoms with Crippen molar-refractivity contribution in [2.75, 3.05) is 6.61 Å². The lowest BCUT2D eigenvalue weighted by Gasteiger charge is -2.24. The number of rotatable bonds is 4. The monoisotopic (exact) mass is 324 g/mol. The molecule has 0 saturated carbocycles. The summed E-state index contributed by atoms with van der Waals surface area (Å²) in [5.41, 5.74) is 4.47. The number of nitrogens with zero attached hydrogens (tertiary/aromatic N) is 1. The van der Waals surface area contributed by atoms with E-state index >= 15 is 0 Å². The van der Waals surface area contributed by atoms with Gasteiger partial charge in [-0.2, -0.15) is 0 Å². The first-order chi connectivity index (χ1) is 11.6. The van der Waals surface area contributed by atoms with Gasteiger partial charge in [0.25, 0.3) is 0 Å². The zero-order chi connectivity index (χ0) is 16.7. The molecule has 24 heavy (non-hydrogen) atoms. The molecular formula is C19H20N2O3. The van der Waals surface area contributed by atoms with Gasteiger partial charge in [-0.15, -0.1) is 0 Å². The fourth-order valence-electron chi connectivity index (χ4n) is 3.43. The molecule has 1 atom stereocenters. The Hall–Kier alpha value is -2.37. The molecule has 1 aromatic heterocycles. The second-order valence-electron chi connectivity index (χ2n) is 6.47. The van der Waals surface area contributed by atoms with Gasteiger partial charge in [0.1, 0.15) is 5.60 Å². The van der Waals surface area contributed by atoms with Gasteiger partial charge < -0.3 is 14.5 Å². The number of imidazole rings is 1. The Labute approximate surface area is 139 Å². The highest BCUT2D eigenvalue weighted by atomic mass is 16.5. The van der Waals surface area contributed by atoms with Crippen LogP contribution in [-0.2, 0) is 35.3 Å². The van der Waals surface area contributed by atoms with E-state index in [2.05, 4.69) is 4.98 Å². The summed E-state index contributed by atoms with van der Waals surface area (Å²) in [5, 5.41) is 0. The van der Waals surface area contributed by atoms with Crippen molar-refractivity contribution in [2.24, 2.45) is 7.05 Å². The van der Waals surface area contributed by atoms with E-state index in [1.807, 2.05) is 49.4 Å². The zero-order valence-corrected chi connectivity index (χ0v) is 13.8. The molecule has 0 radical (unpaired) electrons. The van der Waals surface area contributed by atoms with Crippen LogP contribution in [0.4, 0.5) is 0 Å². The van der Waals surface area contributed by atoms with E-state index < -0.39 is 5.60 Å². The van der Waals surface area contributed by atoms with E-state index in [0.717, 1.165) is 27.7 Å². The number of fused-ring (bicyclic) bond motifs is 3. The van der Waals surface area contributed by atoms with Crippen LogP contribution >= 0.6 is 0 Å². The lowest BCUT2D eigenvalue weighted by molar-refractivity contribution is -0.0859. The lowest BCUT2D eigenvalue weighted by Crippen LogP contribution is -2.27. The van der Waals surface area contributed by atoms with Gasteiger partial charge in [-0.25, -0.2) is 4.79 Å². The number of nitrogens with one attached hydrogen (secondary N) is 1. The van der Waals surface area contributed by atoms with Gasteiger partial charge in [-0.3, -0.25) is 4.57 Å². The second kappa shape index (κ2) is 5.61. The van der Waals surface area contributed by atoms with Crippen LogP contribution in [0.5, 0.6) is 0 Å². The number of aromatic amines is 1. The van der Waals surface area contributed by atoms with E-state index in [4.69, 9.17) is 9.47 Å². The normalized spacial score (nSPS) is 19.8. The Morgan fingerprint density at radius 3 is 2.83 bits per heavy atom. The molecule has 1 aliphatic heterocycles. The molecule has 3 aromatic rings. The van der Waals surface area contributed by atoms with Crippen molar-refractivity contribution in [2.45, 2.75) is 25.7 Å². The fourth-order valence-corrected chi connectivity index (χ4v) is 3.43. The van der Waals surface area contributed by atoms with Gasteiger partial charge in [0.05, 0.1) is 30.9 Å². The Morgan fingerprint density at radius 2 is 2.04 bits per heavy atom. The van der Waals surface area contributed by atoms with E-state index in [0.29, 0.717) is 19.8 Å². The van der Waals surface area contributed by atoms with Crippen LogP contribution in [0.15, 0.2) is 47.3 Å². The minimum absolute atomic E-state index is 0.104. The summed E-state index contributed by atoms with van der Waals surface area (Å²) < 4.78 is 13.6. The summed E-state index contributed by atoms with van der Waals surface area (Å²) in [6.45, 7) is 3.56. The molecule has 2 heterocycles. The molecule has 0 bridgehead atoms. The number of hydrogen-bond donors (Lipinski definition) is 1. The SMILES string of the molecule is Cn1c(=O)[nH]c2ccc3c(c21)COC3(C)COCc1ccccc1. The summed E-state index contributed by atoms with van der Waals surface area (Å²) in [7, 11) is 1.78. The first-order valence-corrected chi connectivity index (χ1v) is 8.05. The predicted octanol–water partition coefficient (Wildman–Crippen LogP) is 2.83. The molecule has 0 saturated heterocycles. The maximum atomic E-state index is 11.9. The molecule has 0 aliphatic carbocycles.